The summed E-state index contributed by atoms with van der Waals surface area (Å²) in [5, 5.41) is 4.72. The first-order chi connectivity index (χ1) is 7.54. The highest BCUT2D eigenvalue weighted by Gasteiger charge is 2.12. The zero-order valence-corrected chi connectivity index (χ0v) is 9.20. The van der Waals surface area contributed by atoms with Gasteiger partial charge in [-0.05, 0) is 17.7 Å². The number of benzene rings is 1. The molecule has 1 aliphatic rings. The topological polar surface area (TPSA) is 87.9 Å². The van der Waals surface area contributed by atoms with Crippen molar-refractivity contribution in [2.45, 2.75) is 6.61 Å². The summed E-state index contributed by atoms with van der Waals surface area (Å²) in [5.74, 6) is 1.23. The van der Waals surface area contributed by atoms with E-state index in [1.165, 1.54) is 0 Å². The molecule has 0 atom stereocenters. The second-order valence-electron chi connectivity index (χ2n) is 3.23. The van der Waals surface area contributed by atoms with Gasteiger partial charge in [-0.15, -0.1) is 0 Å². The molecule has 1 aromatic carbocycles. The van der Waals surface area contributed by atoms with Gasteiger partial charge >= 0.3 is 10.3 Å². The fraction of sp³-hybridized carbons (Fsp3) is 0.333. The molecule has 0 fully saturated rings. The molecule has 0 aromatic heterocycles. The fourth-order valence-corrected chi connectivity index (χ4v) is 1.63. The van der Waals surface area contributed by atoms with Gasteiger partial charge in [0.1, 0.15) is 13.2 Å². The molecular formula is C9H11NO5S. The minimum atomic E-state index is -3.92. The molecule has 0 saturated heterocycles. The van der Waals surface area contributed by atoms with Crippen LogP contribution in [-0.2, 0) is 21.1 Å². The Labute approximate surface area is 93.2 Å². The van der Waals surface area contributed by atoms with Crippen LogP contribution in [0.15, 0.2) is 18.2 Å². The molecule has 0 bridgehead atoms. The van der Waals surface area contributed by atoms with Crippen molar-refractivity contribution in [2.75, 3.05) is 13.2 Å². The third-order valence-electron chi connectivity index (χ3n) is 2.00. The molecule has 0 amide bonds. The molecule has 6 nitrogen and oxygen atoms in total. The van der Waals surface area contributed by atoms with Crippen molar-refractivity contribution in [1.29, 1.82) is 0 Å². The van der Waals surface area contributed by atoms with E-state index in [9.17, 15) is 8.42 Å². The van der Waals surface area contributed by atoms with Crippen molar-refractivity contribution in [3.8, 4) is 11.5 Å². The molecule has 0 aliphatic carbocycles. The maximum absolute atomic E-state index is 10.6. The number of nitrogens with two attached hydrogens (primary N) is 1. The second-order valence-corrected chi connectivity index (χ2v) is 4.45. The summed E-state index contributed by atoms with van der Waals surface area (Å²) >= 11 is 0. The highest BCUT2D eigenvalue weighted by atomic mass is 32.2. The Morgan fingerprint density at radius 2 is 1.94 bits per heavy atom. The molecule has 2 N–H and O–H groups in total. The minimum Gasteiger partial charge on any atom is -0.486 e. The van der Waals surface area contributed by atoms with E-state index >= 15 is 0 Å². The van der Waals surface area contributed by atoms with Crippen LogP contribution in [0, 0.1) is 0 Å². The molecule has 0 radical (unpaired) electrons. The summed E-state index contributed by atoms with van der Waals surface area (Å²) in [5.41, 5.74) is 0.651. The largest absolute Gasteiger partial charge is 0.486 e. The van der Waals surface area contributed by atoms with Crippen LogP contribution >= 0.6 is 0 Å². The highest BCUT2D eigenvalue weighted by molar-refractivity contribution is 7.84. The summed E-state index contributed by atoms with van der Waals surface area (Å²) in [7, 11) is -3.92. The summed E-state index contributed by atoms with van der Waals surface area (Å²) in [6.07, 6.45) is 0. The third kappa shape index (κ3) is 2.84. The summed E-state index contributed by atoms with van der Waals surface area (Å²) in [4.78, 5) is 0. The van der Waals surface area contributed by atoms with Gasteiger partial charge in [-0.1, -0.05) is 6.07 Å². The Balaban J connectivity index is 2.11. The van der Waals surface area contributed by atoms with E-state index in [1.54, 1.807) is 18.2 Å². The predicted molar refractivity (Wildman–Crippen MR) is 55.3 cm³/mol. The van der Waals surface area contributed by atoms with E-state index in [4.69, 9.17) is 14.6 Å². The van der Waals surface area contributed by atoms with Gasteiger partial charge in [0.25, 0.3) is 0 Å². The molecule has 7 heteroatoms. The van der Waals surface area contributed by atoms with E-state index in [0.29, 0.717) is 30.3 Å². The summed E-state index contributed by atoms with van der Waals surface area (Å²) < 4.78 is 36.3. The number of ether oxygens (including phenoxy) is 2. The van der Waals surface area contributed by atoms with Gasteiger partial charge in [0.2, 0.25) is 0 Å². The first-order valence-electron chi connectivity index (χ1n) is 4.60. The van der Waals surface area contributed by atoms with Crippen LogP contribution in [0.4, 0.5) is 0 Å². The molecule has 0 spiro atoms. The van der Waals surface area contributed by atoms with Crippen LogP contribution in [0.25, 0.3) is 0 Å². The lowest BCUT2D eigenvalue weighted by Crippen LogP contribution is -2.17. The number of rotatable bonds is 3. The second kappa shape index (κ2) is 4.28. The lowest BCUT2D eigenvalue weighted by Gasteiger charge is -2.18. The Kier molecular flexibility index (Phi) is 2.99. The highest BCUT2D eigenvalue weighted by Crippen LogP contribution is 2.30. The predicted octanol–water partition coefficient (Wildman–Crippen LogP) is 0.178. The van der Waals surface area contributed by atoms with Gasteiger partial charge < -0.3 is 9.47 Å². The Morgan fingerprint density at radius 3 is 2.62 bits per heavy atom. The van der Waals surface area contributed by atoms with E-state index in [0.717, 1.165) is 0 Å². The standard InChI is InChI=1S/C9H11NO5S/c10-16(11,12)15-6-7-1-2-8-9(5-7)14-4-3-13-8/h1-2,5H,3-4,6H2,(H2,10,11,12). The quantitative estimate of drug-likeness (QED) is 0.820. The van der Waals surface area contributed by atoms with Gasteiger partial charge in [0, 0.05) is 0 Å². The normalized spacial score (nSPS) is 14.8. The summed E-state index contributed by atoms with van der Waals surface area (Å²) in [6, 6.07) is 5.06. The van der Waals surface area contributed by atoms with Gasteiger partial charge in [0.05, 0.1) is 6.61 Å². The monoisotopic (exact) mass is 245 g/mol. The van der Waals surface area contributed by atoms with Crippen LogP contribution < -0.4 is 14.6 Å². The van der Waals surface area contributed by atoms with Gasteiger partial charge in [-0.3, -0.25) is 4.18 Å². The Morgan fingerprint density at radius 1 is 1.25 bits per heavy atom. The van der Waals surface area contributed by atoms with E-state index < -0.39 is 10.3 Å². The first-order valence-corrected chi connectivity index (χ1v) is 6.07. The molecular weight excluding hydrogens is 234 g/mol. The van der Waals surface area contributed by atoms with E-state index in [2.05, 4.69) is 4.18 Å². The van der Waals surface area contributed by atoms with Gasteiger partial charge in [0.15, 0.2) is 11.5 Å². The Bertz CT molecular complexity index is 485. The van der Waals surface area contributed by atoms with Gasteiger partial charge in [-0.2, -0.15) is 8.42 Å². The van der Waals surface area contributed by atoms with Crippen LogP contribution in [0.1, 0.15) is 5.56 Å². The van der Waals surface area contributed by atoms with Crippen LogP contribution in [0.5, 0.6) is 11.5 Å². The van der Waals surface area contributed by atoms with Crippen LogP contribution in [0.2, 0.25) is 0 Å². The van der Waals surface area contributed by atoms with Crippen molar-refractivity contribution in [3.05, 3.63) is 23.8 Å². The average Bonchev–Trinajstić information content (AvgIpc) is 2.25. The first kappa shape index (κ1) is 11.2. The molecule has 1 aliphatic heterocycles. The number of fused-ring (bicyclic) bond motifs is 1. The van der Waals surface area contributed by atoms with Crippen molar-refractivity contribution >= 4 is 10.3 Å². The zero-order valence-electron chi connectivity index (χ0n) is 8.38. The Hall–Kier alpha value is -1.31. The van der Waals surface area contributed by atoms with Crippen molar-refractivity contribution in [3.63, 3.8) is 0 Å². The number of hydrogen-bond donors (Lipinski definition) is 1. The van der Waals surface area contributed by atoms with Crippen molar-refractivity contribution in [2.24, 2.45) is 5.14 Å². The molecule has 16 heavy (non-hydrogen) atoms. The SMILES string of the molecule is NS(=O)(=O)OCc1ccc2c(c1)OCCO2. The molecule has 88 valence electrons. The molecule has 1 aromatic rings. The van der Waals surface area contributed by atoms with Crippen LogP contribution in [-0.4, -0.2) is 21.6 Å². The molecule has 0 saturated carbocycles. The maximum atomic E-state index is 10.6. The zero-order chi connectivity index (χ0) is 11.6. The van der Waals surface area contributed by atoms with Crippen LogP contribution in [0.3, 0.4) is 0 Å². The smallest absolute Gasteiger partial charge is 0.333 e. The molecule has 2 rings (SSSR count). The average molecular weight is 245 g/mol. The van der Waals surface area contributed by atoms with Crippen molar-refractivity contribution in [1.82, 2.24) is 0 Å². The van der Waals surface area contributed by atoms with Crippen molar-refractivity contribution < 1.29 is 22.1 Å². The molecule has 0 unspecified atom stereocenters. The minimum absolute atomic E-state index is 0.116. The lowest BCUT2D eigenvalue weighted by atomic mass is 10.2. The summed E-state index contributed by atoms with van der Waals surface area (Å²) in [6.45, 7) is 0.877. The van der Waals surface area contributed by atoms with E-state index in [-0.39, 0.29) is 6.61 Å². The van der Waals surface area contributed by atoms with E-state index in [1.807, 2.05) is 0 Å². The fourth-order valence-electron chi connectivity index (χ4n) is 1.33. The third-order valence-corrected chi connectivity index (χ3v) is 2.44. The van der Waals surface area contributed by atoms with Gasteiger partial charge in [-0.25, -0.2) is 5.14 Å². The maximum Gasteiger partial charge on any atom is 0.333 e. The lowest BCUT2D eigenvalue weighted by molar-refractivity contribution is 0.171. The number of hydrogen-bond acceptors (Lipinski definition) is 5. The molecule has 1 heterocycles.